The predicted molar refractivity (Wildman–Crippen MR) is 105 cm³/mol. The molecule has 27 heavy (non-hydrogen) atoms. The number of nitrogens with zero attached hydrogens (tertiary/aromatic N) is 2. The first-order valence-electron chi connectivity index (χ1n) is 8.85. The maximum atomic E-state index is 12.6. The van der Waals surface area contributed by atoms with Gasteiger partial charge in [0.15, 0.2) is 6.20 Å². The second-order valence-corrected chi connectivity index (χ2v) is 7.65. The SMILES string of the molecule is CC(C)(C)c1ccc(C(=O)Nc2c[n+]3cc(-c4cn[nH]c4)ccc3[nH]2)cc1. The van der Waals surface area contributed by atoms with Gasteiger partial charge in [0.2, 0.25) is 5.82 Å². The van der Waals surface area contributed by atoms with E-state index in [-0.39, 0.29) is 11.3 Å². The highest BCUT2D eigenvalue weighted by atomic mass is 16.1. The molecular formula is C21H22N5O+. The Morgan fingerprint density at radius 3 is 2.48 bits per heavy atom. The van der Waals surface area contributed by atoms with Crippen LogP contribution in [-0.4, -0.2) is 21.1 Å². The Morgan fingerprint density at radius 1 is 1.04 bits per heavy atom. The first-order valence-corrected chi connectivity index (χ1v) is 8.85. The fourth-order valence-corrected chi connectivity index (χ4v) is 3.00. The third-order valence-electron chi connectivity index (χ3n) is 4.60. The minimum absolute atomic E-state index is 0.0650. The minimum Gasteiger partial charge on any atom is -0.286 e. The molecule has 0 unspecified atom stereocenters. The molecule has 0 atom stereocenters. The van der Waals surface area contributed by atoms with Gasteiger partial charge in [-0.15, -0.1) is 0 Å². The summed E-state index contributed by atoms with van der Waals surface area (Å²) in [6.07, 6.45) is 7.47. The summed E-state index contributed by atoms with van der Waals surface area (Å²) in [4.78, 5) is 15.8. The highest BCUT2D eigenvalue weighted by Gasteiger charge is 2.16. The molecule has 0 saturated carbocycles. The number of carbonyl (C=O) groups is 1. The van der Waals surface area contributed by atoms with Crippen molar-refractivity contribution in [3.05, 3.63) is 72.3 Å². The Kier molecular flexibility index (Phi) is 4.03. The number of aromatic nitrogens is 4. The van der Waals surface area contributed by atoms with E-state index in [1.807, 2.05) is 59.4 Å². The highest BCUT2D eigenvalue weighted by Crippen LogP contribution is 2.22. The second-order valence-electron chi connectivity index (χ2n) is 7.65. The van der Waals surface area contributed by atoms with Gasteiger partial charge in [0.1, 0.15) is 6.20 Å². The van der Waals surface area contributed by atoms with E-state index in [0.29, 0.717) is 11.4 Å². The average molecular weight is 360 g/mol. The van der Waals surface area contributed by atoms with Crippen molar-refractivity contribution in [2.75, 3.05) is 5.32 Å². The summed E-state index contributed by atoms with van der Waals surface area (Å²) >= 11 is 0. The summed E-state index contributed by atoms with van der Waals surface area (Å²) in [5.41, 5.74) is 4.83. The number of nitrogens with one attached hydrogen (secondary N) is 3. The zero-order chi connectivity index (χ0) is 19.0. The lowest BCUT2D eigenvalue weighted by Crippen LogP contribution is -2.18. The van der Waals surface area contributed by atoms with Crippen molar-refractivity contribution in [2.24, 2.45) is 0 Å². The van der Waals surface area contributed by atoms with E-state index < -0.39 is 0 Å². The number of H-pyrrole nitrogens is 2. The molecule has 3 heterocycles. The normalized spacial score (nSPS) is 11.7. The molecule has 6 heteroatoms. The number of amides is 1. The van der Waals surface area contributed by atoms with Crippen molar-refractivity contribution >= 4 is 17.4 Å². The van der Waals surface area contributed by atoms with Gasteiger partial charge in [-0.2, -0.15) is 9.50 Å². The van der Waals surface area contributed by atoms with E-state index in [4.69, 9.17) is 0 Å². The predicted octanol–water partition coefficient (Wildman–Crippen LogP) is 3.69. The zero-order valence-electron chi connectivity index (χ0n) is 15.6. The lowest BCUT2D eigenvalue weighted by atomic mass is 9.87. The minimum atomic E-state index is -0.141. The van der Waals surface area contributed by atoms with Gasteiger partial charge in [-0.1, -0.05) is 32.9 Å². The van der Waals surface area contributed by atoms with E-state index >= 15 is 0 Å². The topological polar surface area (TPSA) is 77.7 Å². The number of rotatable bonds is 3. The molecule has 4 aromatic rings. The van der Waals surface area contributed by atoms with Gasteiger partial charge in [-0.25, -0.2) is 4.98 Å². The molecule has 0 bridgehead atoms. The number of hydrogen-bond acceptors (Lipinski definition) is 2. The molecule has 6 nitrogen and oxygen atoms in total. The van der Waals surface area contributed by atoms with Crippen LogP contribution in [0.3, 0.4) is 0 Å². The van der Waals surface area contributed by atoms with Crippen LogP contribution in [0.4, 0.5) is 5.82 Å². The van der Waals surface area contributed by atoms with Crippen LogP contribution in [0.15, 0.2) is 61.2 Å². The quantitative estimate of drug-likeness (QED) is 0.487. The van der Waals surface area contributed by atoms with E-state index in [1.165, 1.54) is 5.56 Å². The fourth-order valence-electron chi connectivity index (χ4n) is 3.00. The van der Waals surface area contributed by atoms with E-state index in [0.717, 1.165) is 16.8 Å². The van der Waals surface area contributed by atoms with Gasteiger partial charge < -0.3 is 0 Å². The van der Waals surface area contributed by atoms with Crippen LogP contribution in [0.1, 0.15) is 36.7 Å². The smallest absolute Gasteiger partial charge is 0.285 e. The largest absolute Gasteiger partial charge is 0.286 e. The summed E-state index contributed by atoms with van der Waals surface area (Å²) < 4.78 is 1.95. The third-order valence-corrected chi connectivity index (χ3v) is 4.60. The van der Waals surface area contributed by atoms with E-state index in [1.54, 1.807) is 6.20 Å². The van der Waals surface area contributed by atoms with Crippen molar-refractivity contribution in [3.63, 3.8) is 0 Å². The summed E-state index contributed by atoms with van der Waals surface area (Å²) in [6.45, 7) is 6.46. The van der Waals surface area contributed by atoms with E-state index in [2.05, 4.69) is 41.3 Å². The summed E-state index contributed by atoms with van der Waals surface area (Å²) in [6, 6.07) is 11.7. The molecule has 0 spiro atoms. The van der Waals surface area contributed by atoms with Crippen molar-refractivity contribution in [3.8, 4) is 11.1 Å². The van der Waals surface area contributed by atoms with Crippen LogP contribution in [0.2, 0.25) is 0 Å². The van der Waals surface area contributed by atoms with Crippen LogP contribution >= 0.6 is 0 Å². The molecular weight excluding hydrogens is 338 g/mol. The first kappa shape index (κ1) is 17.0. The maximum absolute atomic E-state index is 12.6. The lowest BCUT2D eigenvalue weighted by Gasteiger charge is -2.18. The van der Waals surface area contributed by atoms with Crippen LogP contribution in [-0.2, 0) is 5.41 Å². The number of hydrogen-bond donors (Lipinski definition) is 3. The summed E-state index contributed by atoms with van der Waals surface area (Å²) in [7, 11) is 0. The monoisotopic (exact) mass is 360 g/mol. The molecule has 136 valence electrons. The zero-order valence-corrected chi connectivity index (χ0v) is 15.6. The number of imidazole rings is 1. The molecule has 3 N–H and O–H groups in total. The molecule has 0 aliphatic carbocycles. The third kappa shape index (κ3) is 3.46. The Balaban J connectivity index is 1.55. The number of anilines is 1. The Bertz CT molecular complexity index is 1090. The van der Waals surface area contributed by atoms with Crippen molar-refractivity contribution < 1.29 is 9.20 Å². The Labute approximate surface area is 157 Å². The average Bonchev–Trinajstić information content (AvgIpc) is 3.29. The number of pyridine rings is 1. The molecule has 3 aromatic heterocycles. The highest BCUT2D eigenvalue weighted by molar-refractivity contribution is 6.03. The number of carbonyl (C=O) groups excluding carboxylic acids is 1. The second kappa shape index (κ2) is 6.39. The summed E-state index contributed by atoms with van der Waals surface area (Å²) in [5.74, 6) is 0.502. The van der Waals surface area contributed by atoms with Gasteiger partial charge in [0.25, 0.3) is 11.6 Å². The van der Waals surface area contributed by atoms with Crippen LogP contribution in [0.25, 0.3) is 16.8 Å². The molecule has 0 radical (unpaired) electrons. The molecule has 4 rings (SSSR count). The fraction of sp³-hybridized carbons (Fsp3) is 0.190. The lowest BCUT2D eigenvalue weighted by molar-refractivity contribution is -0.508. The molecule has 0 aliphatic rings. The van der Waals surface area contributed by atoms with Crippen LogP contribution in [0.5, 0.6) is 0 Å². The standard InChI is InChI=1S/C21H21N5O/c1-21(2,3)17-7-4-14(5-8-17)20(27)25-18-13-26-12-15(6-9-19(26)24-18)16-10-22-23-11-16/h4-13H,1-3H3,(H2,22,23,25,27)/p+1. The van der Waals surface area contributed by atoms with Crippen molar-refractivity contribution in [1.82, 2.24) is 15.2 Å². The number of fused-ring (bicyclic) bond motifs is 1. The summed E-state index contributed by atoms with van der Waals surface area (Å²) in [5, 5.41) is 9.72. The van der Waals surface area contributed by atoms with Crippen LogP contribution in [0, 0.1) is 0 Å². The number of aromatic amines is 2. The van der Waals surface area contributed by atoms with Gasteiger partial charge in [0.05, 0.1) is 6.20 Å². The molecule has 0 saturated heterocycles. The Morgan fingerprint density at radius 2 is 1.81 bits per heavy atom. The van der Waals surface area contributed by atoms with Crippen molar-refractivity contribution in [1.29, 1.82) is 0 Å². The molecule has 1 amide bonds. The van der Waals surface area contributed by atoms with Crippen LogP contribution < -0.4 is 9.72 Å². The van der Waals surface area contributed by atoms with Gasteiger partial charge in [-0.3, -0.25) is 15.2 Å². The Hall–Kier alpha value is -3.41. The number of benzene rings is 1. The van der Waals surface area contributed by atoms with Gasteiger partial charge >= 0.3 is 0 Å². The van der Waals surface area contributed by atoms with Crippen molar-refractivity contribution in [2.45, 2.75) is 26.2 Å². The maximum Gasteiger partial charge on any atom is 0.285 e. The van der Waals surface area contributed by atoms with E-state index in [9.17, 15) is 4.79 Å². The molecule has 0 fully saturated rings. The first-order chi connectivity index (χ1) is 12.9. The van der Waals surface area contributed by atoms with Gasteiger partial charge in [0, 0.05) is 29.0 Å². The molecule has 0 aliphatic heterocycles. The molecule has 1 aromatic carbocycles. The van der Waals surface area contributed by atoms with Gasteiger partial charge in [-0.05, 0) is 29.2 Å².